The Labute approximate surface area is 165 Å². The van der Waals surface area contributed by atoms with Crippen molar-refractivity contribution in [3.05, 3.63) is 35.4 Å². The van der Waals surface area contributed by atoms with Gasteiger partial charge in [-0.2, -0.15) is 0 Å². The molecule has 0 aliphatic heterocycles. The molecule has 0 bridgehead atoms. The molecule has 0 radical (unpaired) electrons. The zero-order valence-electron chi connectivity index (χ0n) is 16.8. The molecule has 28 heavy (non-hydrogen) atoms. The molecule has 1 aliphatic rings. The van der Waals surface area contributed by atoms with Crippen molar-refractivity contribution in [2.24, 2.45) is 0 Å². The molecule has 1 saturated carbocycles. The van der Waals surface area contributed by atoms with Crippen LogP contribution >= 0.6 is 0 Å². The minimum absolute atomic E-state index is 0.0165. The SMILES string of the molecule is COC(CN(C(=O)CCOCCc1cc(F)cc(F)c1)C1CCCCC1)OC. The Morgan fingerprint density at radius 1 is 1.07 bits per heavy atom. The first-order chi connectivity index (χ1) is 13.5. The van der Waals surface area contributed by atoms with Crippen LogP contribution in [0.3, 0.4) is 0 Å². The summed E-state index contributed by atoms with van der Waals surface area (Å²) in [6, 6.07) is 3.64. The summed E-state index contributed by atoms with van der Waals surface area (Å²) in [4.78, 5) is 14.6. The largest absolute Gasteiger partial charge is 0.381 e. The Kier molecular flexibility index (Phi) is 9.81. The molecule has 1 aromatic carbocycles. The Morgan fingerprint density at radius 2 is 1.71 bits per heavy atom. The van der Waals surface area contributed by atoms with E-state index in [1.807, 2.05) is 4.90 Å². The molecule has 0 heterocycles. The zero-order valence-corrected chi connectivity index (χ0v) is 16.8. The van der Waals surface area contributed by atoms with E-state index in [1.54, 1.807) is 14.2 Å². The molecule has 0 saturated heterocycles. The van der Waals surface area contributed by atoms with Crippen LogP contribution in [0, 0.1) is 11.6 Å². The van der Waals surface area contributed by atoms with E-state index in [0.29, 0.717) is 25.1 Å². The van der Waals surface area contributed by atoms with Gasteiger partial charge in [-0.15, -0.1) is 0 Å². The molecule has 0 N–H and O–H groups in total. The van der Waals surface area contributed by atoms with Crippen molar-refractivity contribution in [3.63, 3.8) is 0 Å². The maximum Gasteiger partial charge on any atom is 0.225 e. The van der Waals surface area contributed by atoms with Crippen LogP contribution in [0.25, 0.3) is 0 Å². The summed E-state index contributed by atoms with van der Waals surface area (Å²) in [5.74, 6) is -1.18. The molecule has 0 atom stereocenters. The summed E-state index contributed by atoms with van der Waals surface area (Å²) in [5.41, 5.74) is 0.538. The van der Waals surface area contributed by atoms with Crippen molar-refractivity contribution < 1.29 is 27.8 Å². The second-order valence-electron chi connectivity index (χ2n) is 7.13. The van der Waals surface area contributed by atoms with Crippen molar-refractivity contribution in [2.45, 2.75) is 57.3 Å². The second kappa shape index (κ2) is 12.1. The number of benzene rings is 1. The molecule has 7 heteroatoms. The molecule has 5 nitrogen and oxygen atoms in total. The molecule has 158 valence electrons. The molecule has 1 aliphatic carbocycles. The van der Waals surface area contributed by atoms with Gasteiger partial charge in [-0.05, 0) is 37.0 Å². The molecule has 1 aromatic rings. The lowest BCUT2D eigenvalue weighted by Crippen LogP contribution is -2.46. The summed E-state index contributed by atoms with van der Waals surface area (Å²) in [6.07, 6.45) is 5.66. The van der Waals surface area contributed by atoms with Crippen LogP contribution in [0.4, 0.5) is 8.78 Å². The number of nitrogens with zero attached hydrogens (tertiary/aromatic N) is 1. The third-order valence-corrected chi connectivity index (χ3v) is 5.13. The van der Waals surface area contributed by atoms with Gasteiger partial charge in [-0.1, -0.05) is 19.3 Å². The molecule has 2 rings (SSSR count). The van der Waals surface area contributed by atoms with Crippen molar-refractivity contribution in [3.8, 4) is 0 Å². The fourth-order valence-corrected chi connectivity index (χ4v) is 3.60. The first-order valence-corrected chi connectivity index (χ1v) is 9.91. The number of amides is 1. The van der Waals surface area contributed by atoms with Gasteiger partial charge in [-0.25, -0.2) is 8.78 Å². The second-order valence-corrected chi connectivity index (χ2v) is 7.13. The van der Waals surface area contributed by atoms with E-state index in [2.05, 4.69) is 0 Å². The number of rotatable bonds is 11. The van der Waals surface area contributed by atoms with Gasteiger partial charge >= 0.3 is 0 Å². The smallest absolute Gasteiger partial charge is 0.225 e. The highest BCUT2D eigenvalue weighted by Gasteiger charge is 2.27. The van der Waals surface area contributed by atoms with Gasteiger partial charge in [0.1, 0.15) is 11.6 Å². The Morgan fingerprint density at radius 3 is 2.32 bits per heavy atom. The van der Waals surface area contributed by atoms with Crippen LogP contribution in [-0.4, -0.2) is 57.1 Å². The van der Waals surface area contributed by atoms with Gasteiger partial charge in [0.2, 0.25) is 5.91 Å². The van der Waals surface area contributed by atoms with Gasteiger partial charge in [0.05, 0.1) is 26.2 Å². The summed E-state index contributed by atoms with van der Waals surface area (Å²) in [6.45, 7) is 0.974. The van der Waals surface area contributed by atoms with Crippen LogP contribution in [0.2, 0.25) is 0 Å². The minimum Gasteiger partial charge on any atom is -0.381 e. The number of carbonyl (C=O) groups excluding carboxylic acids is 1. The lowest BCUT2D eigenvalue weighted by molar-refractivity contribution is -0.151. The van der Waals surface area contributed by atoms with Gasteiger partial charge in [-0.3, -0.25) is 4.79 Å². The van der Waals surface area contributed by atoms with E-state index < -0.39 is 17.9 Å². The fourth-order valence-electron chi connectivity index (χ4n) is 3.60. The topological polar surface area (TPSA) is 48.0 Å². The Bertz CT molecular complexity index is 584. The maximum absolute atomic E-state index is 13.2. The molecule has 1 amide bonds. The van der Waals surface area contributed by atoms with Crippen molar-refractivity contribution in [1.82, 2.24) is 4.90 Å². The summed E-state index contributed by atoms with van der Waals surface area (Å²) >= 11 is 0. The van der Waals surface area contributed by atoms with E-state index in [0.717, 1.165) is 31.7 Å². The third kappa shape index (κ3) is 7.45. The number of hydrogen-bond acceptors (Lipinski definition) is 4. The number of hydrogen-bond donors (Lipinski definition) is 0. The van der Waals surface area contributed by atoms with Crippen LogP contribution in [0.15, 0.2) is 18.2 Å². The first-order valence-electron chi connectivity index (χ1n) is 9.91. The summed E-state index contributed by atoms with van der Waals surface area (Å²) in [5, 5.41) is 0. The van der Waals surface area contributed by atoms with Crippen molar-refractivity contribution >= 4 is 5.91 Å². The van der Waals surface area contributed by atoms with Gasteiger partial charge < -0.3 is 19.1 Å². The zero-order chi connectivity index (χ0) is 20.4. The summed E-state index contributed by atoms with van der Waals surface area (Å²) < 4.78 is 42.4. The van der Waals surface area contributed by atoms with Crippen molar-refractivity contribution in [2.75, 3.05) is 34.0 Å². The van der Waals surface area contributed by atoms with E-state index >= 15 is 0 Å². The predicted octanol–water partition coefficient (Wildman–Crippen LogP) is 3.69. The standard InChI is InChI=1S/C21H31F2NO4/c1-26-21(27-2)15-24(19-6-4-3-5-7-19)20(25)9-11-28-10-8-16-12-17(22)14-18(23)13-16/h12-14,19,21H,3-11,15H2,1-2H3. The first kappa shape index (κ1) is 22.7. The third-order valence-electron chi connectivity index (χ3n) is 5.13. The van der Waals surface area contributed by atoms with E-state index in [1.165, 1.54) is 18.6 Å². The Balaban J connectivity index is 1.79. The lowest BCUT2D eigenvalue weighted by atomic mass is 9.94. The lowest BCUT2D eigenvalue weighted by Gasteiger charge is -2.36. The van der Waals surface area contributed by atoms with Gasteiger partial charge in [0.15, 0.2) is 6.29 Å². The van der Waals surface area contributed by atoms with Crippen LogP contribution in [-0.2, 0) is 25.4 Å². The highest BCUT2D eigenvalue weighted by molar-refractivity contribution is 5.76. The molecule has 0 aromatic heterocycles. The summed E-state index contributed by atoms with van der Waals surface area (Å²) in [7, 11) is 3.13. The predicted molar refractivity (Wildman–Crippen MR) is 102 cm³/mol. The minimum atomic E-state index is -0.598. The van der Waals surface area contributed by atoms with E-state index in [4.69, 9.17) is 14.2 Å². The molecule has 1 fully saturated rings. The monoisotopic (exact) mass is 399 g/mol. The van der Waals surface area contributed by atoms with Gasteiger partial charge in [0.25, 0.3) is 0 Å². The quantitative estimate of drug-likeness (QED) is 0.421. The molecular formula is C21H31F2NO4. The van der Waals surface area contributed by atoms with Gasteiger partial charge in [0, 0.05) is 26.3 Å². The average molecular weight is 399 g/mol. The number of methoxy groups -OCH3 is 2. The van der Waals surface area contributed by atoms with E-state index in [9.17, 15) is 13.6 Å². The fraction of sp³-hybridized carbons (Fsp3) is 0.667. The molecular weight excluding hydrogens is 368 g/mol. The highest BCUT2D eigenvalue weighted by atomic mass is 19.1. The molecule has 0 spiro atoms. The number of ether oxygens (including phenoxy) is 3. The Hall–Kier alpha value is -1.57. The highest BCUT2D eigenvalue weighted by Crippen LogP contribution is 2.23. The number of carbonyl (C=O) groups is 1. The number of halogens is 2. The average Bonchev–Trinajstić information content (AvgIpc) is 2.68. The van der Waals surface area contributed by atoms with Crippen LogP contribution in [0.5, 0.6) is 0 Å². The van der Waals surface area contributed by atoms with Crippen LogP contribution < -0.4 is 0 Å². The van der Waals surface area contributed by atoms with Crippen LogP contribution in [0.1, 0.15) is 44.1 Å². The van der Waals surface area contributed by atoms with Crippen molar-refractivity contribution in [1.29, 1.82) is 0 Å². The molecule has 0 unspecified atom stereocenters. The maximum atomic E-state index is 13.2. The normalized spacial score (nSPS) is 15.2. The van der Waals surface area contributed by atoms with E-state index in [-0.39, 0.29) is 25.0 Å².